The summed E-state index contributed by atoms with van der Waals surface area (Å²) in [6.45, 7) is 0.111. The van der Waals surface area contributed by atoms with Crippen LogP contribution in [0.3, 0.4) is 0 Å². The van der Waals surface area contributed by atoms with E-state index in [1.165, 1.54) is 0 Å². The van der Waals surface area contributed by atoms with Crippen LogP contribution in [0.1, 0.15) is 12.0 Å². The fraction of sp³-hybridized carbons (Fsp3) is 0.182. The Morgan fingerprint density at radius 1 is 1.23 bits per heavy atom. The van der Waals surface area contributed by atoms with Gasteiger partial charge in [0.25, 0.3) is 0 Å². The SMILES string of the molecule is OCC1=CN=C(c2ccccc2)C1. The second-order valence-electron chi connectivity index (χ2n) is 3.06. The monoisotopic (exact) mass is 173 g/mol. The third-order valence-electron chi connectivity index (χ3n) is 2.11. The van der Waals surface area contributed by atoms with E-state index in [0.29, 0.717) is 0 Å². The molecule has 2 nitrogen and oxygen atoms in total. The molecule has 0 amide bonds. The molecule has 1 heterocycles. The molecule has 0 atom stereocenters. The Balaban J connectivity index is 2.16. The van der Waals surface area contributed by atoms with Gasteiger partial charge in [-0.3, -0.25) is 4.99 Å². The average molecular weight is 173 g/mol. The number of aliphatic hydroxyl groups excluding tert-OH is 1. The molecule has 1 N–H and O–H groups in total. The van der Waals surface area contributed by atoms with E-state index >= 15 is 0 Å². The molecular weight excluding hydrogens is 162 g/mol. The smallest absolute Gasteiger partial charge is 0.0663 e. The summed E-state index contributed by atoms with van der Waals surface area (Å²) in [5.41, 5.74) is 3.17. The summed E-state index contributed by atoms with van der Waals surface area (Å²) >= 11 is 0. The van der Waals surface area contributed by atoms with Crippen molar-refractivity contribution in [3.05, 3.63) is 47.7 Å². The topological polar surface area (TPSA) is 32.6 Å². The number of nitrogens with zero attached hydrogens (tertiary/aromatic N) is 1. The Morgan fingerprint density at radius 2 is 2.00 bits per heavy atom. The highest BCUT2D eigenvalue weighted by Crippen LogP contribution is 2.16. The van der Waals surface area contributed by atoms with E-state index in [-0.39, 0.29) is 6.61 Å². The molecule has 66 valence electrons. The van der Waals surface area contributed by atoms with Gasteiger partial charge < -0.3 is 5.11 Å². The second kappa shape index (κ2) is 3.54. The lowest BCUT2D eigenvalue weighted by molar-refractivity contribution is 0.330. The fourth-order valence-electron chi connectivity index (χ4n) is 1.38. The van der Waals surface area contributed by atoms with E-state index in [1.807, 2.05) is 30.3 Å². The van der Waals surface area contributed by atoms with Crippen LogP contribution in [-0.2, 0) is 0 Å². The van der Waals surface area contributed by atoms with Crippen molar-refractivity contribution in [2.45, 2.75) is 6.42 Å². The van der Waals surface area contributed by atoms with E-state index in [2.05, 4.69) is 4.99 Å². The number of hydrogen-bond acceptors (Lipinski definition) is 2. The zero-order chi connectivity index (χ0) is 9.10. The summed E-state index contributed by atoms with van der Waals surface area (Å²) in [6.07, 6.45) is 2.53. The Morgan fingerprint density at radius 3 is 2.62 bits per heavy atom. The van der Waals surface area contributed by atoms with Gasteiger partial charge in [0.2, 0.25) is 0 Å². The van der Waals surface area contributed by atoms with Crippen LogP contribution in [0.4, 0.5) is 0 Å². The van der Waals surface area contributed by atoms with Gasteiger partial charge in [-0.25, -0.2) is 0 Å². The average Bonchev–Trinajstić information content (AvgIpc) is 2.67. The molecule has 1 aliphatic heterocycles. The molecule has 2 rings (SSSR count). The van der Waals surface area contributed by atoms with E-state index in [9.17, 15) is 0 Å². The van der Waals surface area contributed by atoms with Crippen LogP contribution in [-0.4, -0.2) is 17.4 Å². The predicted octanol–water partition coefficient (Wildman–Crippen LogP) is 1.76. The molecule has 0 unspecified atom stereocenters. The summed E-state index contributed by atoms with van der Waals surface area (Å²) in [5.74, 6) is 0. The van der Waals surface area contributed by atoms with Gasteiger partial charge in [-0.1, -0.05) is 30.3 Å². The first kappa shape index (κ1) is 8.20. The van der Waals surface area contributed by atoms with Crippen LogP contribution in [0, 0.1) is 0 Å². The van der Waals surface area contributed by atoms with E-state index in [0.717, 1.165) is 23.3 Å². The van der Waals surface area contributed by atoms with E-state index < -0.39 is 0 Å². The standard InChI is InChI=1S/C11H11NO/c13-8-9-6-11(12-7-9)10-4-2-1-3-5-10/h1-5,7,13H,6,8H2. The van der Waals surface area contributed by atoms with Crippen LogP contribution < -0.4 is 0 Å². The summed E-state index contributed by atoms with van der Waals surface area (Å²) in [6, 6.07) is 10.0. The van der Waals surface area contributed by atoms with E-state index in [4.69, 9.17) is 5.11 Å². The lowest BCUT2D eigenvalue weighted by atomic mass is 10.1. The van der Waals surface area contributed by atoms with Crippen LogP contribution in [0.25, 0.3) is 0 Å². The lowest BCUT2D eigenvalue weighted by Gasteiger charge is -2.00. The second-order valence-corrected chi connectivity index (χ2v) is 3.06. The number of benzene rings is 1. The molecule has 0 aliphatic carbocycles. The molecular formula is C11H11NO. The molecule has 0 fully saturated rings. The maximum atomic E-state index is 8.89. The zero-order valence-corrected chi connectivity index (χ0v) is 7.27. The van der Waals surface area contributed by atoms with Gasteiger partial charge in [0.15, 0.2) is 0 Å². The number of aliphatic hydroxyl groups is 1. The summed E-state index contributed by atoms with van der Waals surface area (Å²) in [7, 11) is 0. The van der Waals surface area contributed by atoms with E-state index in [1.54, 1.807) is 6.20 Å². The number of aliphatic imine (C=N–C) groups is 1. The van der Waals surface area contributed by atoms with Crippen LogP contribution in [0.5, 0.6) is 0 Å². The Bertz CT molecular complexity index is 352. The number of rotatable bonds is 2. The summed E-state index contributed by atoms with van der Waals surface area (Å²) < 4.78 is 0. The third kappa shape index (κ3) is 1.68. The normalized spacial score (nSPS) is 15.5. The molecule has 1 aromatic rings. The summed E-state index contributed by atoms with van der Waals surface area (Å²) in [5, 5.41) is 8.89. The first-order chi connectivity index (χ1) is 6.40. The molecule has 0 bridgehead atoms. The van der Waals surface area contributed by atoms with Gasteiger partial charge in [-0.15, -0.1) is 0 Å². The minimum absolute atomic E-state index is 0.111. The number of hydrogen-bond donors (Lipinski definition) is 1. The van der Waals surface area contributed by atoms with Crippen molar-refractivity contribution in [3.63, 3.8) is 0 Å². The first-order valence-corrected chi connectivity index (χ1v) is 4.31. The molecule has 1 aromatic carbocycles. The maximum Gasteiger partial charge on any atom is 0.0663 e. The Hall–Kier alpha value is -1.41. The third-order valence-corrected chi connectivity index (χ3v) is 2.11. The Labute approximate surface area is 77.3 Å². The quantitative estimate of drug-likeness (QED) is 0.726. The predicted molar refractivity (Wildman–Crippen MR) is 52.8 cm³/mol. The zero-order valence-electron chi connectivity index (χ0n) is 7.27. The van der Waals surface area contributed by atoms with Gasteiger partial charge in [-0.05, 0) is 11.1 Å². The largest absolute Gasteiger partial charge is 0.392 e. The van der Waals surface area contributed by atoms with Crippen molar-refractivity contribution < 1.29 is 5.11 Å². The van der Waals surface area contributed by atoms with Gasteiger partial charge in [0, 0.05) is 12.6 Å². The highest BCUT2D eigenvalue weighted by Gasteiger charge is 2.10. The van der Waals surface area contributed by atoms with Gasteiger partial charge in [0.05, 0.1) is 12.3 Å². The van der Waals surface area contributed by atoms with Crippen molar-refractivity contribution in [1.82, 2.24) is 0 Å². The molecule has 0 spiro atoms. The molecule has 13 heavy (non-hydrogen) atoms. The minimum atomic E-state index is 0.111. The molecule has 0 radical (unpaired) electrons. The Kier molecular flexibility index (Phi) is 2.23. The van der Waals surface area contributed by atoms with Crippen molar-refractivity contribution in [1.29, 1.82) is 0 Å². The van der Waals surface area contributed by atoms with Crippen molar-refractivity contribution >= 4 is 5.71 Å². The van der Waals surface area contributed by atoms with Crippen LogP contribution in [0.2, 0.25) is 0 Å². The molecule has 2 heteroatoms. The molecule has 0 aromatic heterocycles. The van der Waals surface area contributed by atoms with Crippen molar-refractivity contribution in [2.75, 3.05) is 6.61 Å². The highest BCUT2D eigenvalue weighted by molar-refractivity contribution is 6.03. The van der Waals surface area contributed by atoms with Gasteiger partial charge in [0.1, 0.15) is 0 Å². The van der Waals surface area contributed by atoms with Crippen LogP contribution in [0.15, 0.2) is 47.1 Å². The molecule has 0 saturated heterocycles. The minimum Gasteiger partial charge on any atom is -0.392 e. The van der Waals surface area contributed by atoms with Crippen LogP contribution >= 0.6 is 0 Å². The first-order valence-electron chi connectivity index (χ1n) is 4.31. The van der Waals surface area contributed by atoms with Gasteiger partial charge in [-0.2, -0.15) is 0 Å². The van der Waals surface area contributed by atoms with Crippen molar-refractivity contribution in [2.24, 2.45) is 4.99 Å². The fourth-order valence-corrected chi connectivity index (χ4v) is 1.38. The molecule has 1 aliphatic rings. The highest BCUT2D eigenvalue weighted by atomic mass is 16.3. The molecule has 0 saturated carbocycles. The van der Waals surface area contributed by atoms with Crippen molar-refractivity contribution in [3.8, 4) is 0 Å². The summed E-state index contributed by atoms with van der Waals surface area (Å²) in [4.78, 5) is 4.25. The lowest BCUT2D eigenvalue weighted by Crippen LogP contribution is -1.99. The maximum absolute atomic E-state index is 8.89. The van der Waals surface area contributed by atoms with Gasteiger partial charge >= 0.3 is 0 Å².